The molecule has 0 aromatic heterocycles. The van der Waals surface area contributed by atoms with E-state index in [0.717, 1.165) is 108 Å². The van der Waals surface area contributed by atoms with Gasteiger partial charge in [-0.15, -0.1) is 0 Å². The van der Waals surface area contributed by atoms with Crippen LogP contribution in [0.4, 0.5) is 0 Å². The predicted molar refractivity (Wildman–Crippen MR) is 391 cm³/mol. The molecule has 0 aliphatic heterocycles. The summed E-state index contributed by atoms with van der Waals surface area (Å²) in [6.07, 6.45) is 53.8. The zero-order chi connectivity index (χ0) is 70.9. The number of aliphatic hydroxyl groups is 1. The van der Waals surface area contributed by atoms with Crippen molar-refractivity contribution >= 4 is 39.5 Å². The molecule has 17 nitrogen and oxygen atoms in total. The Bertz CT molecular complexity index is 1870. The van der Waals surface area contributed by atoms with Crippen LogP contribution in [0.5, 0.6) is 0 Å². The average molecular weight is 1410 g/mol. The fourth-order valence-corrected chi connectivity index (χ4v) is 13.3. The normalized spacial score (nSPS) is 14.6. The van der Waals surface area contributed by atoms with Gasteiger partial charge >= 0.3 is 39.5 Å². The minimum absolute atomic E-state index is 0.106. The number of carbonyl (C=O) groups excluding carboxylic acids is 4. The smallest absolute Gasteiger partial charge is 0.462 e. The van der Waals surface area contributed by atoms with Crippen molar-refractivity contribution in [2.75, 3.05) is 39.6 Å². The summed E-state index contributed by atoms with van der Waals surface area (Å²) in [6, 6.07) is 0. The molecule has 0 aliphatic carbocycles. The summed E-state index contributed by atoms with van der Waals surface area (Å²) >= 11 is 0. The number of unbranched alkanes of at least 4 members (excludes halogenated alkanes) is 41. The van der Waals surface area contributed by atoms with Gasteiger partial charge in [0.2, 0.25) is 0 Å². The van der Waals surface area contributed by atoms with E-state index in [1.807, 2.05) is 0 Å². The summed E-state index contributed by atoms with van der Waals surface area (Å²) in [5.41, 5.74) is 0. The van der Waals surface area contributed by atoms with Crippen molar-refractivity contribution in [2.45, 2.75) is 414 Å². The quantitative estimate of drug-likeness (QED) is 0.0222. The van der Waals surface area contributed by atoms with Crippen LogP contribution < -0.4 is 0 Å². The van der Waals surface area contributed by atoms with Gasteiger partial charge in [0, 0.05) is 25.7 Å². The van der Waals surface area contributed by atoms with Crippen LogP contribution in [0.1, 0.15) is 395 Å². The van der Waals surface area contributed by atoms with Gasteiger partial charge in [-0.2, -0.15) is 0 Å². The van der Waals surface area contributed by atoms with E-state index in [2.05, 4.69) is 48.5 Å². The maximum atomic E-state index is 13.1. The van der Waals surface area contributed by atoms with E-state index < -0.39 is 97.5 Å². The van der Waals surface area contributed by atoms with Gasteiger partial charge in [-0.3, -0.25) is 37.3 Å². The minimum Gasteiger partial charge on any atom is -0.462 e. The Labute approximate surface area is 588 Å². The second kappa shape index (κ2) is 67.5. The molecule has 0 aliphatic rings. The van der Waals surface area contributed by atoms with Crippen LogP contribution in [-0.2, 0) is 65.4 Å². The lowest BCUT2D eigenvalue weighted by Crippen LogP contribution is -2.30. The molecule has 0 heterocycles. The summed E-state index contributed by atoms with van der Waals surface area (Å²) in [5.74, 6) is 0.275. The van der Waals surface area contributed by atoms with Crippen LogP contribution in [0.25, 0.3) is 0 Å². The number of esters is 4. The zero-order valence-electron chi connectivity index (χ0n) is 62.8. The van der Waals surface area contributed by atoms with E-state index in [-0.39, 0.29) is 25.7 Å². The molecule has 19 heteroatoms. The summed E-state index contributed by atoms with van der Waals surface area (Å²) in [5, 5.41) is 10.6. The van der Waals surface area contributed by atoms with Crippen LogP contribution in [0, 0.1) is 17.8 Å². The number of rotatable bonds is 75. The van der Waals surface area contributed by atoms with Crippen molar-refractivity contribution in [3.8, 4) is 0 Å². The SMILES string of the molecule is CCCCCCCCCCCCCCCC(=O)OC[C@H](COP(=O)(O)OC[C@H](O)COP(=O)(O)OC[C@@H](COC(=O)CCCCCCCCCCCCC(C)CC)OC(=O)CCCCCCCCCCCCCCC(C)C)OC(=O)CCCCCCCCCCCCC(C)CC. The molecule has 0 rings (SSSR count). The van der Waals surface area contributed by atoms with Gasteiger partial charge < -0.3 is 33.8 Å². The van der Waals surface area contributed by atoms with Crippen LogP contribution >= 0.6 is 15.6 Å². The van der Waals surface area contributed by atoms with E-state index in [9.17, 15) is 43.2 Å². The highest BCUT2D eigenvalue weighted by atomic mass is 31.2. The molecule has 0 saturated heterocycles. The monoisotopic (exact) mass is 1410 g/mol. The van der Waals surface area contributed by atoms with Gasteiger partial charge in [0.25, 0.3) is 0 Å². The zero-order valence-corrected chi connectivity index (χ0v) is 64.6. The highest BCUT2D eigenvalue weighted by molar-refractivity contribution is 7.47. The van der Waals surface area contributed by atoms with Crippen LogP contribution in [0.15, 0.2) is 0 Å². The molecule has 4 unspecified atom stereocenters. The van der Waals surface area contributed by atoms with E-state index in [4.69, 9.17) is 37.0 Å². The molecule has 0 fully saturated rings. The van der Waals surface area contributed by atoms with Gasteiger partial charge in [-0.1, -0.05) is 344 Å². The second-order valence-corrected chi connectivity index (χ2v) is 31.6. The Morgan fingerprint density at radius 3 is 0.792 bits per heavy atom. The molecule has 0 saturated carbocycles. The summed E-state index contributed by atoms with van der Waals surface area (Å²) < 4.78 is 68.6. The first-order valence-corrected chi connectivity index (χ1v) is 42.9. The number of carbonyl (C=O) groups is 4. The lowest BCUT2D eigenvalue weighted by Gasteiger charge is -2.21. The lowest BCUT2D eigenvalue weighted by molar-refractivity contribution is -0.161. The van der Waals surface area contributed by atoms with Gasteiger partial charge in [-0.25, -0.2) is 9.13 Å². The van der Waals surface area contributed by atoms with Gasteiger partial charge in [0.15, 0.2) is 12.2 Å². The van der Waals surface area contributed by atoms with Crippen molar-refractivity contribution in [1.82, 2.24) is 0 Å². The van der Waals surface area contributed by atoms with Crippen LogP contribution in [0.3, 0.4) is 0 Å². The van der Waals surface area contributed by atoms with E-state index in [0.29, 0.717) is 25.7 Å². The molecule has 0 aromatic carbocycles. The van der Waals surface area contributed by atoms with Crippen LogP contribution in [0.2, 0.25) is 0 Å². The van der Waals surface area contributed by atoms with Crippen molar-refractivity contribution in [3.05, 3.63) is 0 Å². The Hall–Kier alpha value is -1.94. The number of hydrogen-bond donors (Lipinski definition) is 3. The Balaban J connectivity index is 5.28. The third-order valence-corrected chi connectivity index (χ3v) is 20.5. The number of aliphatic hydroxyl groups excluding tert-OH is 1. The van der Waals surface area contributed by atoms with Gasteiger partial charge in [-0.05, 0) is 43.4 Å². The Kier molecular flexibility index (Phi) is 66.2. The summed E-state index contributed by atoms with van der Waals surface area (Å²) in [6.45, 7) is 12.0. The van der Waals surface area contributed by atoms with Crippen molar-refractivity contribution < 1.29 is 80.2 Å². The van der Waals surface area contributed by atoms with Crippen molar-refractivity contribution in [2.24, 2.45) is 17.8 Å². The second-order valence-electron chi connectivity index (χ2n) is 28.7. The molecule has 0 radical (unpaired) electrons. The van der Waals surface area contributed by atoms with Gasteiger partial charge in [0.05, 0.1) is 26.4 Å². The first kappa shape index (κ1) is 94.1. The number of phosphoric ester groups is 2. The third kappa shape index (κ3) is 67.9. The summed E-state index contributed by atoms with van der Waals surface area (Å²) in [4.78, 5) is 72.9. The maximum absolute atomic E-state index is 13.1. The van der Waals surface area contributed by atoms with Crippen molar-refractivity contribution in [3.63, 3.8) is 0 Å². The molecule has 0 bridgehead atoms. The molecule has 0 amide bonds. The molecule has 96 heavy (non-hydrogen) atoms. The first-order valence-electron chi connectivity index (χ1n) is 39.9. The number of phosphoric acid groups is 2. The standard InChI is InChI=1S/C77H150O17P2/c1-8-11-12-13-14-15-16-17-21-30-37-44-51-58-74(79)87-64-73(94-77(82)61-54-47-40-33-26-24-29-36-43-50-57-70(7)10-3)67-92-96(85,86)90-63-71(78)62-89-95(83,84)91-66-72(65-88-75(80)59-52-45-38-31-25-23-28-35-42-49-56-69(6)9-2)93-76(81)60-53-46-39-32-22-19-18-20-27-34-41-48-55-68(4)5/h68-73,78H,8-67H2,1-7H3,(H,83,84)(H,85,86)/t69?,70?,71-,72-,73-/m1/s1. The predicted octanol–water partition coefficient (Wildman–Crippen LogP) is 22.6. The van der Waals surface area contributed by atoms with E-state index in [1.165, 1.54) is 205 Å². The lowest BCUT2D eigenvalue weighted by atomic mass is 9.99. The number of ether oxygens (including phenoxy) is 4. The Morgan fingerprint density at radius 2 is 0.531 bits per heavy atom. The molecule has 3 N–H and O–H groups in total. The molecular formula is C77H150O17P2. The largest absolute Gasteiger partial charge is 0.472 e. The fourth-order valence-electron chi connectivity index (χ4n) is 11.7. The molecule has 7 atom stereocenters. The maximum Gasteiger partial charge on any atom is 0.472 e. The molecule has 0 spiro atoms. The highest BCUT2D eigenvalue weighted by Crippen LogP contribution is 2.45. The first-order chi connectivity index (χ1) is 46.3. The van der Waals surface area contributed by atoms with E-state index >= 15 is 0 Å². The average Bonchev–Trinajstić information content (AvgIpc) is 1.72. The Morgan fingerprint density at radius 1 is 0.302 bits per heavy atom. The number of hydrogen-bond acceptors (Lipinski definition) is 15. The minimum atomic E-state index is -4.96. The summed E-state index contributed by atoms with van der Waals surface area (Å²) in [7, 11) is -9.92. The fraction of sp³-hybridized carbons (Fsp3) is 0.948. The topological polar surface area (TPSA) is 237 Å². The van der Waals surface area contributed by atoms with Crippen LogP contribution in [-0.4, -0.2) is 96.7 Å². The van der Waals surface area contributed by atoms with Crippen molar-refractivity contribution in [1.29, 1.82) is 0 Å². The van der Waals surface area contributed by atoms with Gasteiger partial charge in [0.1, 0.15) is 19.3 Å². The van der Waals surface area contributed by atoms with E-state index in [1.54, 1.807) is 0 Å². The third-order valence-electron chi connectivity index (χ3n) is 18.6. The molecule has 0 aromatic rings. The molecular weight excluding hydrogens is 1260 g/mol. The molecule has 570 valence electrons. The highest BCUT2D eigenvalue weighted by Gasteiger charge is 2.30.